The molecule has 3 heteroatoms. The first-order chi connectivity index (χ1) is 7.45. The molecule has 1 heterocycles. The van der Waals surface area contributed by atoms with Crippen LogP contribution in [0.2, 0.25) is 0 Å². The molecule has 3 nitrogen and oxygen atoms in total. The van der Waals surface area contributed by atoms with E-state index < -0.39 is 0 Å². The van der Waals surface area contributed by atoms with Crippen LogP contribution in [0.25, 0.3) is 0 Å². The van der Waals surface area contributed by atoms with Crippen LogP contribution in [0.3, 0.4) is 0 Å². The summed E-state index contributed by atoms with van der Waals surface area (Å²) in [6.07, 6.45) is 3.10. The summed E-state index contributed by atoms with van der Waals surface area (Å²) in [5.74, 6) is 0.152. The second kappa shape index (κ2) is 5.78. The normalized spacial score (nSPS) is 26.8. The van der Waals surface area contributed by atoms with Crippen molar-refractivity contribution in [3.8, 4) is 0 Å². The first-order valence-electron chi connectivity index (χ1n) is 6.22. The smallest absolute Gasteiger partial charge is 0.157 e. The van der Waals surface area contributed by atoms with Gasteiger partial charge in [-0.1, -0.05) is 34.1 Å². The molecule has 0 aliphatic carbocycles. The van der Waals surface area contributed by atoms with Gasteiger partial charge in [-0.05, 0) is 12.8 Å². The van der Waals surface area contributed by atoms with Gasteiger partial charge in [-0.15, -0.1) is 0 Å². The predicted molar refractivity (Wildman–Crippen MR) is 63.2 cm³/mol. The van der Waals surface area contributed by atoms with Crippen LogP contribution in [0.4, 0.5) is 0 Å². The highest BCUT2D eigenvalue weighted by Gasteiger charge is 2.33. The van der Waals surface area contributed by atoms with Crippen molar-refractivity contribution in [2.24, 2.45) is 11.3 Å². The molecule has 0 amide bonds. The van der Waals surface area contributed by atoms with Gasteiger partial charge in [-0.2, -0.15) is 0 Å². The van der Waals surface area contributed by atoms with E-state index in [1.165, 1.54) is 0 Å². The van der Waals surface area contributed by atoms with Gasteiger partial charge < -0.3 is 9.47 Å². The number of carbonyl (C=O) groups excluding carboxylic acids is 1. The Morgan fingerprint density at radius 2 is 1.81 bits per heavy atom. The Balaban J connectivity index is 2.34. The van der Waals surface area contributed by atoms with Crippen molar-refractivity contribution in [2.45, 2.75) is 53.2 Å². The summed E-state index contributed by atoms with van der Waals surface area (Å²) in [5.41, 5.74) is -0.298. The number of rotatable bonds is 4. The third-order valence-electron chi connectivity index (χ3n) is 2.87. The molecule has 0 aromatic carbocycles. The molecule has 0 unspecified atom stereocenters. The van der Waals surface area contributed by atoms with E-state index in [4.69, 9.17) is 9.47 Å². The minimum atomic E-state index is -0.298. The summed E-state index contributed by atoms with van der Waals surface area (Å²) >= 11 is 0. The zero-order valence-electron chi connectivity index (χ0n) is 10.9. The zero-order valence-corrected chi connectivity index (χ0v) is 10.9. The standard InChI is InChI=1S/C13H24O3/c1-5-6-7-11-15-8-10(9-16-11)12(14)13(2,3)4/h10-11H,5-9H2,1-4H3. The largest absolute Gasteiger partial charge is 0.352 e. The Bertz CT molecular complexity index is 222. The minimum absolute atomic E-state index is 0.0853. The van der Waals surface area contributed by atoms with Crippen LogP contribution in [0.15, 0.2) is 0 Å². The Hall–Kier alpha value is -0.410. The van der Waals surface area contributed by atoms with Crippen LogP contribution in [0.1, 0.15) is 47.0 Å². The van der Waals surface area contributed by atoms with Gasteiger partial charge in [0.15, 0.2) is 6.29 Å². The van der Waals surface area contributed by atoms with Gasteiger partial charge in [0.1, 0.15) is 5.78 Å². The van der Waals surface area contributed by atoms with Crippen molar-refractivity contribution in [1.82, 2.24) is 0 Å². The summed E-state index contributed by atoms with van der Waals surface area (Å²) in [7, 11) is 0. The minimum Gasteiger partial charge on any atom is -0.352 e. The quantitative estimate of drug-likeness (QED) is 0.742. The van der Waals surface area contributed by atoms with Crippen LogP contribution in [0, 0.1) is 11.3 Å². The number of hydrogen-bond donors (Lipinski definition) is 0. The van der Waals surface area contributed by atoms with Gasteiger partial charge >= 0.3 is 0 Å². The van der Waals surface area contributed by atoms with E-state index in [1.54, 1.807) is 0 Å². The number of ether oxygens (including phenoxy) is 2. The summed E-state index contributed by atoms with van der Waals surface area (Å²) in [6.45, 7) is 9.01. The maximum absolute atomic E-state index is 12.0. The fourth-order valence-electron chi connectivity index (χ4n) is 1.84. The van der Waals surface area contributed by atoms with Crippen LogP contribution in [-0.4, -0.2) is 25.3 Å². The highest BCUT2D eigenvalue weighted by molar-refractivity contribution is 5.86. The van der Waals surface area contributed by atoms with Crippen LogP contribution in [-0.2, 0) is 14.3 Å². The molecule has 16 heavy (non-hydrogen) atoms. The molecule has 0 bridgehead atoms. The maximum Gasteiger partial charge on any atom is 0.157 e. The molecule has 1 aliphatic heterocycles. The molecule has 0 atom stereocenters. The van der Waals surface area contributed by atoms with Crippen LogP contribution < -0.4 is 0 Å². The van der Waals surface area contributed by atoms with Gasteiger partial charge in [-0.25, -0.2) is 0 Å². The van der Waals surface area contributed by atoms with E-state index in [-0.39, 0.29) is 23.4 Å². The van der Waals surface area contributed by atoms with Crippen molar-refractivity contribution >= 4 is 5.78 Å². The monoisotopic (exact) mass is 228 g/mol. The molecule has 0 aromatic rings. The molecular formula is C13H24O3. The SMILES string of the molecule is CCCCC1OCC(C(=O)C(C)(C)C)CO1. The third-order valence-corrected chi connectivity index (χ3v) is 2.87. The Morgan fingerprint density at radius 3 is 2.25 bits per heavy atom. The number of hydrogen-bond acceptors (Lipinski definition) is 3. The lowest BCUT2D eigenvalue weighted by Gasteiger charge is -2.31. The van der Waals surface area contributed by atoms with E-state index in [0.29, 0.717) is 13.2 Å². The number of ketones is 1. The van der Waals surface area contributed by atoms with E-state index in [1.807, 2.05) is 20.8 Å². The van der Waals surface area contributed by atoms with Crippen molar-refractivity contribution in [1.29, 1.82) is 0 Å². The second-order valence-corrected chi connectivity index (χ2v) is 5.55. The summed E-state index contributed by atoms with van der Waals surface area (Å²) in [5, 5.41) is 0. The predicted octanol–water partition coefficient (Wildman–Crippen LogP) is 2.78. The lowest BCUT2D eigenvalue weighted by molar-refractivity contribution is -0.205. The fourth-order valence-corrected chi connectivity index (χ4v) is 1.84. The van der Waals surface area contributed by atoms with E-state index in [9.17, 15) is 4.79 Å². The maximum atomic E-state index is 12.0. The summed E-state index contributed by atoms with van der Waals surface area (Å²) in [4.78, 5) is 12.0. The Labute approximate surface area is 98.5 Å². The lowest BCUT2D eigenvalue weighted by atomic mass is 9.83. The molecule has 1 fully saturated rings. The number of carbonyl (C=O) groups is 1. The van der Waals surface area contributed by atoms with Gasteiger partial charge in [0.25, 0.3) is 0 Å². The summed E-state index contributed by atoms with van der Waals surface area (Å²) < 4.78 is 11.1. The lowest BCUT2D eigenvalue weighted by Crippen LogP contribution is -2.40. The van der Waals surface area contributed by atoms with Gasteiger partial charge in [0.05, 0.1) is 19.1 Å². The van der Waals surface area contributed by atoms with Gasteiger partial charge in [0, 0.05) is 5.41 Å². The molecule has 0 radical (unpaired) electrons. The second-order valence-electron chi connectivity index (χ2n) is 5.55. The molecule has 0 saturated carbocycles. The first kappa shape index (κ1) is 13.7. The molecular weight excluding hydrogens is 204 g/mol. The average Bonchev–Trinajstić information content (AvgIpc) is 2.25. The molecule has 94 valence electrons. The first-order valence-corrected chi connectivity index (χ1v) is 6.22. The average molecular weight is 228 g/mol. The van der Waals surface area contributed by atoms with Crippen molar-refractivity contribution in [3.63, 3.8) is 0 Å². The van der Waals surface area contributed by atoms with E-state index in [0.717, 1.165) is 19.3 Å². The highest BCUT2D eigenvalue weighted by atomic mass is 16.7. The van der Waals surface area contributed by atoms with Gasteiger partial charge in [0.2, 0.25) is 0 Å². The third kappa shape index (κ3) is 3.87. The van der Waals surface area contributed by atoms with Crippen molar-refractivity contribution in [2.75, 3.05) is 13.2 Å². The number of Topliss-reactive ketones (excluding diaryl/α,β-unsaturated/α-hetero) is 1. The molecule has 0 spiro atoms. The van der Waals surface area contributed by atoms with E-state index in [2.05, 4.69) is 6.92 Å². The molecule has 1 rings (SSSR count). The van der Waals surface area contributed by atoms with E-state index >= 15 is 0 Å². The summed E-state index contributed by atoms with van der Waals surface area (Å²) in [6, 6.07) is 0. The molecule has 0 aromatic heterocycles. The topological polar surface area (TPSA) is 35.5 Å². The molecule has 1 aliphatic rings. The number of unbranched alkanes of at least 4 members (excludes halogenated alkanes) is 1. The zero-order chi connectivity index (χ0) is 12.2. The van der Waals surface area contributed by atoms with Crippen molar-refractivity contribution in [3.05, 3.63) is 0 Å². The fraction of sp³-hybridized carbons (Fsp3) is 0.923. The molecule has 1 saturated heterocycles. The van der Waals surface area contributed by atoms with Crippen molar-refractivity contribution < 1.29 is 14.3 Å². The highest BCUT2D eigenvalue weighted by Crippen LogP contribution is 2.24. The van der Waals surface area contributed by atoms with Crippen LogP contribution >= 0.6 is 0 Å². The van der Waals surface area contributed by atoms with Gasteiger partial charge in [-0.3, -0.25) is 4.79 Å². The Morgan fingerprint density at radius 1 is 1.25 bits per heavy atom. The Kier molecular flexibility index (Phi) is 4.93. The van der Waals surface area contributed by atoms with Crippen LogP contribution in [0.5, 0.6) is 0 Å². The molecule has 0 N–H and O–H groups in total.